The van der Waals surface area contributed by atoms with Gasteiger partial charge in [-0.1, -0.05) is 42.5 Å². The van der Waals surface area contributed by atoms with Crippen LogP contribution >= 0.6 is 0 Å². The van der Waals surface area contributed by atoms with Crippen molar-refractivity contribution in [2.24, 2.45) is 0 Å². The van der Waals surface area contributed by atoms with E-state index < -0.39 is 10.0 Å². The van der Waals surface area contributed by atoms with Crippen molar-refractivity contribution in [2.75, 3.05) is 11.4 Å². The van der Waals surface area contributed by atoms with E-state index in [1.165, 1.54) is 12.1 Å². The van der Waals surface area contributed by atoms with Gasteiger partial charge in [0, 0.05) is 23.5 Å². The molecule has 5 nitrogen and oxygen atoms in total. The van der Waals surface area contributed by atoms with Gasteiger partial charge in [-0.2, -0.15) is 0 Å². The van der Waals surface area contributed by atoms with E-state index in [0.717, 1.165) is 29.3 Å². The number of rotatable bonds is 6. The Bertz CT molecular complexity index is 1130. The summed E-state index contributed by atoms with van der Waals surface area (Å²) >= 11 is 0. The molecule has 0 spiro atoms. The van der Waals surface area contributed by atoms with Gasteiger partial charge >= 0.3 is 0 Å². The van der Waals surface area contributed by atoms with E-state index in [4.69, 9.17) is 0 Å². The van der Waals surface area contributed by atoms with Gasteiger partial charge in [0.15, 0.2) is 0 Å². The number of carbonyl (C=O) groups excluding carboxylic acids is 1. The molecule has 0 unspecified atom stereocenters. The van der Waals surface area contributed by atoms with Crippen LogP contribution in [0.1, 0.15) is 30.1 Å². The lowest BCUT2D eigenvalue weighted by atomic mass is 10.1. The highest BCUT2D eigenvalue weighted by atomic mass is 32.2. The number of benzene rings is 3. The van der Waals surface area contributed by atoms with Crippen LogP contribution in [0.15, 0.2) is 71.6 Å². The van der Waals surface area contributed by atoms with Crippen LogP contribution in [0.5, 0.6) is 0 Å². The summed E-state index contributed by atoms with van der Waals surface area (Å²) < 4.78 is 27.7. The van der Waals surface area contributed by atoms with Crippen LogP contribution in [0.4, 0.5) is 5.69 Å². The molecule has 3 aromatic carbocycles. The molecule has 0 saturated heterocycles. The molecule has 3 aromatic rings. The molecule has 0 heterocycles. The summed E-state index contributed by atoms with van der Waals surface area (Å²) in [5.74, 6) is -0.220. The first-order chi connectivity index (χ1) is 13.5. The molecule has 1 saturated carbocycles. The van der Waals surface area contributed by atoms with E-state index in [0.29, 0.717) is 12.1 Å². The number of carbonyl (C=O) groups is 1. The highest BCUT2D eigenvalue weighted by Gasteiger charge is 2.28. The lowest BCUT2D eigenvalue weighted by molar-refractivity contribution is 0.0988. The molecule has 1 amide bonds. The summed E-state index contributed by atoms with van der Waals surface area (Å²) in [6, 6.07) is 20.0. The van der Waals surface area contributed by atoms with Gasteiger partial charge in [-0.05, 0) is 49.4 Å². The summed E-state index contributed by atoms with van der Waals surface area (Å²) in [6.45, 7) is 2.39. The van der Waals surface area contributed by atoms with Gasteiger partial charge < -0.3 is 4.90 Å². The van der Waals surface area contributed by atoms with E-state index in [-0.39, 0.29) is 16.8 Å². The number of nitrogens with zero attached hydrogens (tertiary/aromatic N) is 1. The van der Waals surface area contributed by atoms with Gasteiger partial charge in [0.1, 0.15) is 0 Å². The molecule has 0 bridgehead atoms. The fourth-order valence-electron chi connectivity index (χ4n) is 3.31. The van der Waals surface area contributed by atoms with Gasteiger partial charge in [-0.25, -0.2) is 13.1 Å². The molecule has 6 heteroatoms. The van der Waals surface area contributed by atoms with Crippen molar-refractivity contribution >= 4 is 32.4 Å². The van der Waals surface area contributed by atoms with Crippen LogP contribution in [-0.4, -0.2) is 26.9 Å². The molecule has 0 aromatic heterocycles. The number of hydrogen-bond acceptors (Lipinski definition) is 3. The molecule has 0 atom stereocenters. The van der Waals surface area contributed by atoms with Gasteiger partial charge in [0.25, 0.3) is 5.91 Å². The minimum absolute atomic E-state index is 0.0205. The average molecular weight is 394 g/mol. The van der Waals surface area contributed by atoms with Gasteiger partial charge in [-0.15, -0.1) is 0 Å². The van der Waals surface area contributed by atoms with Crippen molar-refractivity contribution in [1.82, 2.24) is 4.72 Å². The quantitative estimate of drug-likeness (QED) is 0.688. The highest BCUT2D eigenvalue weighted by molar-refractivity contribution is 7.89. The zero-order chi connectivity index (χ0) is 19.7. The largest absolute Gasteiger partial charge is 0.308 e. The van der Waals surface area contributed by atoms with Crippen LogP contribution in [0.25, 0.3) is 10.8 Å². The molecule has 28 heavy (non-hydrogen) atoms. The third kappa shape index (κ3) is 3.66. The molecule has 0 aliphatic heterocycles. The lowest BCUT2D eigenvalue weighted by Crippen LogP contribution is -2.31. The van der Waals surface area contributed by atoms with E-state index in [1.807, 2.05) is 49.4 Å². The van der Waals surface area contributed by atoms with Crippen molar-refractivity contribution in [3.05, 3.63) is 72.3 Å². The molecule has 1 fully saturated rings. The van der Waals surface area contributed by atoms with E-state index >= 15 is 0 Å². The molecule has 0 radical (unpaired) electrons. The minimum atomic E-state index is -3.61. The fraction of sp³-hybridized carbons (Fsp3) is 0.227. The summed E-state index contributed by atoms with van der Waals surface area (Å²) in [7, 11) is -3.61. The van der Waals surface area contributed by atoms with E-state index in [2.05, 4.69) is 4.72 Å². The fourth-order valence-corrected chi connectivity index (χ4v) is 4.66. The third-order valence-electron chi connectivity index (χ3n) is 4.91. The second-order valence-corrected chi connectivity index (χ2v) is 8.69. The van der Waals surface area contributed by atoms with Crippen molar-refractivity contribution in [1.29, 1.82) is 0 Å². The number of hydrogen-bond donors (Lipinski definition) is 1. The van der Waals surface area contributed by atoms with Crippen molar-refractivity contribution in [3.8, 4) is 0 Å². The number of amides is 1. The lowest BCUT2D eigenvalue weighted by Gasteiger charge is -2.23. The van der Waals surface area contributed by atoms with Crippen molar-refractivity contribution in [3.63, 3.8) is 0 Å². The smallest absolute Gasteiger partial charge is 0.258 e. The molecular weight excluding hydrogens is 372 g/mol. The summed E-state index contributed by atoms with van der Waals surface area (Å²) in [6.07, 6.45) is 1.73. The SMILES string of the molecule is CCN(C(=O)c1cccc(S(=O)(=O)NC2CC2)c1)c1cccc2ccccc12. The minimum Gasteiger partial charge on any atom is -0.308 e. The molecule has 4 rings (SSSR count). The third-order valence-corrected chi connectivity index (χ3v) is 6.43. The average Bonchev–Trinajstić information content (AvgIpc) is 3.52. The summed E-state index contributed by atoms with van der Waals surface area (Å²) in [5.41, 5.74) is 1.17. The Hall–Kier alpha value is -2.70. The molecular formula is C22H22N2O3S. The summed E-state index contributed by atoms with van der Waals surface area (Å²) in [5, 5.41) is 2.04. The second-order valence-electron chi connectivity index (χ2n) is 6.97. The van der Waals surface area contributed by atoms with E-state index in [9.17, 15) is 13.2 Å². The number of anilines is 1. The van der Waals surface area contributed by atoms with Gasteiger partial charge in [-0.3, -0.25) is 4.79 Å². The first-order valence-corrected chi connectivity index (χ1v) is 10.9. The van der Waals surface area contributed by atoms with E-state index in [1.54, 1.807) is 17.0 Å². The summed E-state index contributed by atoms with van der Waals surface area (Å²) in [4.78, 5) is 15.1. The Morgan fingerprint density at radius 2 is 1.75 bits per heavy atom. The second kappa shape index (κ2) is 7.37. The van der Waals surface area contributed by atoms with Gasteiger partial charge in [0.2, 0.25) is 10.0 Å². The van der Waals surface area contributed by atoms with Crippen LogP contribution in [0.2, 0.25) is 0 Å². The maximum absolute atomic E-state index is 13.2. The highest BCUT2D eigenvalue weighted by Crippen LogP contribution is 2.28. The first-order valence-electron chi connectivity index (χ1n) is 9.41. The first kappa shape index (κ1) is 18.7. The predicted octanol–water partition coefficient (Wildman–Crippen LogP) is 3.95. The van der Waals surface area contributed by atoms with Crippen molar-refractivity contribution < 1.29 is 13.2 Å². The normalized spacial score (nSPS) is 14.2. The molecule has 1 aliphatic carbocycles. The number of nitrogens with one attached hydrogen (secondary N) is 1. The molecule has 144 valence electrons. The monoisotopic (exact) mass is 394 g/mol. The zero-order valence-electron chi connectivity index (χ0n) is 15.6. The Balaban J connectivity index is 1.70. The molecule has 1 N–H and O–H groups in total. The standard InChI is InChI=1S/C22H22N2O3S/c1-2-24(21-12-6-8-16-7-3-4-11-20(16)21)22(25)17-9-5-10-19(15-17)28(26,27)23-18-13-14-18/h3-12,15,18,23H,2,13-14H2,1H3. The van der Waals surface area contributed by atoms with Crippen LogP contribution in [0, 0.1) is 0 Å². The van der Waals surface area contributed by atoms with Crippen LogP contribution in [0.3, 0.4) is 0 Å². The Morgan fingerprint density at radius 3 is 2.50 bits per heavy atom. The maximum Gasteiger partial charge on any atom is 0.258 e. The Labute approximate surface area is 165 Å². The Kier molecular flexibility index (Phi) is 4.91. The molecule has 1 aliphatic rings. The number of sulfonamides is 1. The van der Waals surface area contributed by atoms with Crippen LogP contribution in [-0.2, 0) is 10.0 Å². The number of fused-ring (bicyclic) bond motifs is 1. The predicted molar refractivity (Wildman–Crippen MR) is 111 cm³/mol. The zero-order valence-corrected chi connectivity index (χ0v) is 16.4. The topological polar surface area (TPSA) is 66.5 Å². The van der Waals surface area contributed by atoms with Crippen LogP contribution < -0.4 is 9.62 Å². The van der Waals surface area contributed by atoms with Gasteiger partial charge in [0.05, 0.1) is 10.6 Å². The van der Waals surface area contributed by atoms with Crippen molar-refractivity contribution in [2.45, 2.75) is 30.7 Å². The maximum atomic E-state index is 13.2. The Morgan fingerprint density at radius 1 is 1.04 bits per heavy atom.